The molecule has 104 valence electrons. The average molecular weight is 270 g/mol. The Labute approximate surface area is 118 Å². The number of hydrogen-bond donors (Lipinski definition) is 1. The van der Waals surface area contributed by atoms with Crippen LogP contribution in [0.25, 0.3) is 0 Å². The summed E-state index contributed by atoms with van der Waals surface area (Å²) in [6.45, 7) is 0.695. The van der Waals surface area contributed by atoms with Crippen molar-refractivity contribution < 1.29 is 0 Å². The summed E-state index contributed by atoms with van der Waals surface area (Å²) in [5, 5.41) is 16.3. The topological polar surface area (TPSA) is 69.8 Å². The Kier molecular flexibility index (Phi) is 4.33. The van der Waals surface area contributed by atoms with Crippen molar-refractivity contribution >= 4 is 5.82 Å². The predicted molar refractivity (Wildman–Crippen MR) is 77.1 cm³/mol. The van der Waals surface area contributed by atoms with E-state index in [0.717, 1.165) is 5.56 Å². The van der Waals surface area contributed by atoms with E-state index >= 15 is 0 Å². The van der Waals surface area contributed by atoms with E-state index in [4.69, 9.17) is 5.26 Å². The van der Waals surface area contributed by atoms with Crippen LogP contribution < -0.4 is 5.32 Å². The van der Waals surface area contributed by atoms with Crippen LogP contribution in [-0.4, -0.2) is 40.3 Å². The summed E-state index contributed by atoms with van der Waals surface area (Å²) in [5.41, 5.74) is 1.55. The number of nitriles is 1. The Morgan fingerprint density at radius 3 is 2.85 bits per heavy atom. The number of likely N-dealkylation sites (N-methyl/N-ethyl adjacent to an activating group) is 1. The largest absolute Gasteiger partial charge is 0.368 e. The van der Waals surface area contributed by atoms with Gasteiger partial charge in [0.1, 0.15) is 17.6 Å². The minimum Gasteiger partial charge on any atom is -0.368 e. The molecule has 0 aromatic carbocycles. The molecular formula is C14H18N6. The molecule has 0 radical (unpaired) electrons. The van der Waals surface area contributed by atoms with Gasteiger partial charge in [0.15, 0.2) is 0 Å². The molecule has 0 aliphatic heterocycles. The molecule has 2 rings (SSSR count). The minimum atomic E-state index is 0.191. The smallest absolute Gasteiger partial charge is 0.142 e. The average Bonchev–Trinajstić information content (AvgIpc) is 2.85. The van der Waals surface area contributed by atoms with Crippen molar-refractivity contribution in [3.63, 3.8) is 0 Å². The van der Waals surface area contributed by atoms with E-state index in [1.807, 2.05) is 51.7 Å². The number of anilines is 1. The molecule has 1 unspecified atom stereocenters. The molecule has 0 amide bonds. The Bertz CT molecular complexity index is 610. The maximum Gasteiger partial charge on any atom is 0.142 e. The first-order valence-electron chi connectivity index (χ1n) is 6.36. The van der Waals surface area contributed by atoms with Gasteiger partial charge >= 0.3 is 0 Å². The quantitative estimate of drug-likeness (QED) is 0.889. The molecule has 6 heteroatoms. The number of nitrogens with zero attached hydrogens (tertiary/aromatic N) is 5. The second-order valence-corrected chi connectivity index (χ2v) is 4.83. The van der Waals surface area contributed by atoms with Gasteiger partial charge in [-0.1, -0.05) is 6.07 Å². The van der Waals surface area contributed by atoms with Crippen molar-refractivity contribution in [1.82, 2.24) is 19.7 Å². The highest BCUT2D eigenvalue weighted by Crippen LogP contribution is 2.18. The fourth-order valence-electron chi connectivity index (χ4n) is 2.01. The number of nitrogens with one attached hydrogen (secondary N) is 1. The summed E-state index contributed by atoms with van der Waals surface area (Å²) in [5.74, 6) is 0.708. The van der Waals surface area contributed by atoms with Gasteiger partial charge in [-0.2, -0.15) is 10.4 Å². The van der Waals surface area contributed by atoms with Gasteiger partial charge in [0.05, 0.1) is 12.2 Å². The van der Waals surface area contributed by atoms with E-state index in [-0.39, 0.29) is 6.04 Å². The molecule has 0 fully saturated rings. The van der Waals surface area contributed by atoms with Crippen LogP contribution >= 0.6 is 0 Å². The Balaban J connectivity index is 2.08. The third kappa shape index (κ3) is 3.33. The highest BCUT2D eigenvalue weighted by atomic mass is 15.2. The number of aryl methyl sites for hydroxylation is 1. The van der Waals surface area contributed by atoms with Crippen molar-refractivity contribution in [2.75, 3.05) is 26.0 Å². The third-order valence-electron chi connectivity index (χ3n) is 3.07. The van der Waals surface area contributed by atoms with Gasteiger partial charge in [-0.25, -0.2) is 4.98 Å². The summed E-state index contributed by atoms with van der Waals surface area (Å²) >= 11 is 0. The molecule has 6 nitrogen and oxygen atoms in total. The molecule has 0 spiro atoms. The van der Waals surface area contributed by atoms with E-state index in [0.29, 0.717) is 18.1 Å². The van der Waals surface area contributed by atoms with Gasteiger partial charge in [0.25, 0.3) is 0 Å². The zero-order chi connectivity index (χ0) is 14.5. The summed E-state index contributed by atoms with van der Waals surface area (Å²) in [7, 11) is 5.96. The van der Waals surface area contributed by atoms with Crippen LogP contribution in [0.5, 0.6) is 0 Å². The summed E-state index contributed by atoms with van der Waals surface area (Å²) in [6, 6.07) is 7.60. The van der Waals surface area contributed by atoms with Gasteiger partial charge < -0.3 is 10.2 Å². The van der Waals surface area contributed by atoms with Gasteiger partial charge in [-0.15, -0.1) is 0 Å². The lowest BCUT2D eigenvalue weighted by atomic mass is 10.1. The summed E-state index contributed by atoms with van der Waals surface area (Å²) in [6.07, 6.45) is 3.87. The number of hydrogen-bond acceptors (Lipinski definition) is 5. The van der Waals surface area contributed by atoms with Crippen molar-refractivity contribution in [1.29, 1.82) is 5.26 Å². The SMILES string of the molecule is CN(C)C(CNc1cccc(C#N)n1)c1cnn(C)c1. The zero-order valence-electron chi connectivity index (χ0n) is 11.9. The summed E-state index contributed by atoms with van der Waals surface area (Å²) < 4.78 is 1.79. The first kappa shape index (κ1) is 14.0. The lowest BCUT2D eigenvalue weighted by Crippen LogP contribution is -2.26. The van der Waals surface area contributed by atoms with E-state index in [1.54, 1.807) is 10.7 Å². The van der Waals surface area contributed by atoms with Crippen LogP contribution in [0, 0.1) is 11.3 Å². The van der Waals surface area contributed by atoms with Crippen LogP contribution in [0.3, 0.4) is 0 Å². The fourth-order valence-corrected chi connectivity index (χ4v) is 2.01. The van der Waals surface area contributed by atoms with Gasteiger partial charge in [-0.3, -0.25) is 4.68 Å². The van der Waals surface area contributed by atoms with Crippen molar-refractivity contribution in [2.45, 2.75) is 6.04 Å². The molecule has 0 bridgehead atoms. The normalized spacial score (nSPS) is 12.2. The Morgan fingerprint density at radius 1 is 1.45 bits per heavy atom. The van der Waals surface area contributed by atoms with E-state index in [9.17, 15) is 0 Å². The first-order valence-corrected chi connectivity index (χ1v) is 6.36. The second-order valence-electron chi connectivity index (χ2n) is 4.83. The van der Waals surface area contributed by atoms with Crippen LogP contribution in [0.4, 0.5) is 5.82 Å². The lowest BCUT2D eigenvalue weighted by Gasteiger charge is -2.23. The predicted octanol–water partition coefficient (Wildman–Crippen LogP) is 1.40. The molecule has 2 aromatic rings. The van der Waals surface area contributed by atoms with Crippen molar-refractivity contribution in [3.8, 4) is 6.07 Å². The third-order valence-corrected chi connectivity index (χ3v) is 3.07. The highest BCUT2D eigenvalue weighted by molar-refractivity contribution is 5.38. The van der Waals surface area contributed by atoms with E-state index in [1.165, 1.54) is 0 Å². The van der Waals surface area contributed by atoms with E-state index < -0.39 is 0 Å². The molecule has 0 saturated heterocycles. The molecule has 0 aliphatic rings. The van der Waals surface area contributed by atoms with Crippen molar-refractivity contribution in [3.05, 3.63) is 41.9 Å². The number of rotatable bonds is 5. The molecule has 0 saturated carbocycles. The van der Waals surface area contributed by atoms with Gasteiger partial charge in [-0.05, 0) is 26.2 Å². The van der Waals surface area contributed by atoms with Gasteiger partial charge in [0, 0.05) is 25.4 Å². The van der Waals surface area contributed by atoms with Crippen LogP contribution in [0.2, 0.25) is 0 Å². The monoisotopic (exact) mass is 270 g/mol. The molecule has 2 aromatic heterocycles. The number of pyridine rings is 1. The second kappa shape index (κ2) is 6.17. The fraction of sp³-hybridized carbons (Fsp3) is 0.357. The van der Waals surface area contributed by atoms with Gasteiger partial charge in [0.2, 0.25) is 0 Å². The first-order chi connectivity index (χ1) is 9.60. The molecule has 1 N–H and O–H groups in total. The summed E-state index contributed by atoms with van der Waals surface area (Å²) in [4.78, 5) is 6.33. The Morgan fingerprint density at radius 2 is 2.25 bits per heavy atom. The highest BCUT2D eigenvalue weighted by Gasteiger charge is 2.15. The maximum atomic E-state index is 8.85. The van der Waals surface area contributed by atoms with Crippen LogP contribution in [0.1, 0.15) is 17.3 Å². The molecule has 0 aliphatic carbocycles. The standard InChI is InChI=1S/C14H18N6/c1-19(2)13(11-8-17-20(3)10-11)9-16-14-6-4-5-12(7-15)18-14/h4-6,8,10,13H,9H2,1-3H3,(H,16,18). The Hall–Kier alpha value is -2.39. The molecule has 1 atom stereocenters. The van der Waals surface area contributed by atoms with Crippen LogP contribution in [0.15, 0.2) is 30.6 Å². The zero-order valence-corrected chi connectivity index (χ0v) is 11.9. The minimum absolute atomic E-state index is 0.191. The maximum absolute atomic E-state index is 8.85. The van der Waals surface area contributed by atoms with Crippen LogP contribution in [-0.2, 0) is 7.05 Å². The molecule has 20 heavy (non-hydrogen) atoms. The number of aromatic nitrogens is 3. The van der Waals surface area contributed by atoms with E-state index in [2.05, 4.69) is 20.3 Å². The molecule has 2 heterocycles. The van der Waals surface area contributed by atoms with Crippen molar-refractivity contribution in [2.24, 2.45) is 7.05 Å². The lowest BCUT2D eigenvalue weighted by molar-refractivity contribution is 0.311. The molecular weight excluding hydrogens is 252 g/mol.